The molecule has 2 heterocycles. The summed E-state index contributed by atoms with van der Waals surface area (Å²) in [5.74, 6) is -0.392. The lowest BCUT2D eigenvalue weighted by atomic mass is 9.88. The Balaban J connectivity index is 1.45. The van der Waals surface area contributed by atoms with Crippen molar-refractivity contribution in [1.29, 1.82) is 0 Å². The third-order valence-corrected chi connectivity index (χ3v) is 5.95. The van der Waals surface area contributed by atoms with E-state index >= 15 is 0 Å². The van der Waals surface area contributed by atoms with Crippen LogP contribution in [0, 0.1) is 0 Å². The minimum atomic E-state index is -4.53. The van der Waals surface area contributed by atoms with Gasteiger partial charge in [-0.05, 0) is 42.0 Å². The lowest BCUT2D eigenvalue weighted by molar-refractivity contribution is -0.137. The Bertz CT molecular complexity index is 1310. The SMILES string of the molecule is O=C(C[C@]1(O)C(=O)N(Cc2cccc(C(F)(F)F)c2)c2ccccc21)c1ccc2c(c1)OCO2. The molecule has 5 rings (SSSR count). The molecule has 0 saturated carbocycles. The van der Waals surface area contributed by atoms with Gasteiger partial charge in [0.15, 0.2) is 22.9 Å². The molecule has 3 aromatic carbocycles. The van der Waals surface area contributed by atoms with Crippen LogP contribution in [0.1, 0.15) is 33.5 Å². The zero-order valence-corrected chi connectivity index (χ0v) is 17.6. The monoisotopic (exact) mass is 469 g/mol. The highest BCUT2D eigenvalue weighted by Gasteiger charge is 2.51. The molecule has 0 radical (unpaired) electrons. The van der Waals surface area contributed by atoms with Crippen molar-refractivity contribution in [3.63, 3.8) is 0 Å². The number of rotatable bonds is 5. The average Bonchev–Trinajstić information content (AvgIpc) is 3.36. The number of amides is 1. The second kappa shape index (κ2) is 7.88. The van der Waals surface area contributed by atoms with Crippen molar-refractivity contribution in [2.45, 2.75) is 24.7 Å². The van der Waals surface area contributed by atoms with Gasteiger partial charge in [-0.25, -0.2) is 0 Å². The van der Waals surface area contributed by atoms with E-state index in [4.69, 9.17) is 9.47 Å². The van der Waals surface area contributed by atoms with Crippen molar-refractivity contribution >= 4 is 17.4 Å². The smallest absolute Gasteiger partial charge is 0.416 e. The number of aliphatic hydroxyl groups is 1. The molecule has 0 aromatic heterocycles. The van der Waals surface area contributed by atoms with Crippen LogP contribution in [-0.4, -0.2) is 23.6 Å². The number of benzene rings is 3. The van der Waals surface area contributed by atoms with E-state index < -0.39 is 35.5 Å². The van der Waals surface area contributed by atoms with Crippen LogP contribution in [0.4, 0.5) is 18.9 Å². The molecule has 3 aromatic rings. The van der Waals surface area contributed by atoms with Crippen LogP contribution >= 0.6 is 0 Å². The third-order valence-electron chi connectivity index (χ3n) is 5.95. The Morgan fingerprint density at radius 2 is 1.76 bits per heavy atom. The second-order valence-electron chi connectivity index (χ2n) is 8.13. The number of carbonyl (C=O) groups is 2. The number of fused-ring (bicyclic) bond motifs is 2. The van der Waals surface area contributed by atoms with Gasteiger partial charge in [-0.2, -0.15) is 13.2 Å². The number of carbonyl (C=O) groups excluding carboxylic acids is 2. The van der Waals surface area contributed by atoms with Crippen molar-refractivity contribution in [3.8, 4) is 11.5 Å². The number of Topliss-reactive ketones (excluding diaryl/α,β-unsaturated/α-hetero) is 1. The fourth-order valence-corrected chi connectivity index (χ4v) is 4.27. The first-order valence-electron chi connectivity index (χ1n) is 10.4. The van der Waals surface area contributed by atoms with Gasteiger partial charge < -0.3 is 19.5 Å². The van der Waals surface area contributed by atoms with Crippen LogP contribution in [0.5, 0.6) is 11.5 Å². The lowest BCUT2D eigenvalue weighted by Gasteiger charge is -2.23. The minimum absolute atomic E-state index is 0.0350. The topological polar surface area (TPSA) is 76.1 Å². The molecule has 34 heavy (non-hydrogen) atoms. The van der Waals surface area contributed by atoms with Crippen molar-refractivity contribution < 1.29 is 37.3 Å². The van der Waals surface area contributed by atoms with E-state index in [0.717, 1.165) is 12.1 Å². The highest BCUT2D eigenvalue weighted by atomic mass is 19.4. The predicted molar refractivity (Wildman–Crippen MR) is 114 cm³/mol. The Morgan fingerprint density at radius 3 is 2.56 bits per heavy atom. The van der Waals surface area contributed by atoms with Gasteiger partial charge in [0.25, 0.3) is 5.91 Å². The van der Waals surface area contributed by atoms with Gasteiger partial charge in [-0.3, -0.25) is 9.59 Å². The van der Waals surface area contributed by atoms with Crippen LogP contribution in [0.2, 0.25) is 0 Å². The van der Waals surface area contributed by atoms with Crippen LogP contribution in [0.25, 0.3) is 0 Å². The molecule has 1 amide bonds. The predicted octanol–water partition coefficient (Wildman–Crippen LogP) is 4.44. The number of hydrogen-bond acceptors (Lipinski definition) is 5. The normalized spacial score (nSPS) is 18.8. The van der Waals surface area contributed by atoms with Crippen molar-refractivity contribution in [1.82, 2.24) is 0 Å². The molecule has 0 saturated heterocycles. The number of halogens is 3. The van der Waals surface area contributed by atoms with Gasteiger partial charge in [-0.1, -0.05) is 30.3 Å². The number of ether oxygens (including phenoxy) is 2. The van der Waals surface area contributed by atoms with E-state index in [9.17, 15) is 27.9 Å². The highest BCUT2D eigenvalue weighted by molar-refractivity contribution is 6.10. The summed E-state index contributed by atoms with van der Waals surface area (Å²) in [6.45, 7) is -0.159. The molecule has 0 unspecified atom stereocenters. The summed E-state index contributed by atoms with van der Waals surface area (Å²) in [5, 5.41) is 11.4. The van der Waals surface area contributed by atoms with Gasteiger partial charge in [0.2, 0.25) is 6.79 Å². The molecule has 6 nitrogen and oxygen atoms in total. The number of anilines is 1. The summed E-state index contributed by atoms with van der Waals surface area (Å²) in [6, 6.07) is 15.6. The van der Waals surface area contributed by atoms with E-state index in [1.807, 2.05) is 0 Å². The summed E-state index contributed by atoms with van der Waals surface area (Å²) >= 11 is 0. The molecular formula is C25H18F3NO5. The maximum atomic E-state index is 13.4. The number of hydrogen-bond donors (Lipinski definition) is 1. The minimum Gasteiger partial charge on any atom is -0.454 e. The van der Waals surface area contributed by atoms with Gasteiger partial charge in [0, 0.05) is 11.1 Å². The summed E-state index contributed by atoms with van der Waals surface area (Å²) in [7, 11) is 0. The number of para-hydroxylation sites is 1. The molecule has 0 bridgehead atoms. The standard InChI is InChI=1S/C25H18F3NO5/c26-25(27,28)17-5-3-4-15(10-17)13-29-19-7-2-1-6-18(19)24(32,23(29)31)12-20(30)16-8-9-21-22(11-16)34-14-33-21/h1-11,32H,12-14H2/t24-/m1/s1. The van der Waals surface area contributed by atoms with E-state index in [2.05, 4.69) is 0 Å². The quantitative estimate of drug-likeness (QED) is 0.559. The largest absolute Gasteiger partial charge is 0.454 e. The highest BCUT2D eigenvalue weighted by Crippen LogP contribution is 2.44. The Labute approximate surface area is 192 Å². The first-order valence-corrected chi connectivity index (χ1v) is 10.4. The van der Waals surface area contributed by atoms with Crippen molar-refractivity contribution in [3.05, 3.63) is 89.0 Å². The maximum Gasteiger partial charge on any atom is 0.416 e. The fraction of sp³-hybridized carbons (Fsp3) is 0.200. The Hall–Kier alpha value is -3.85. The first kappa shape index (κ1) is 22.0. The summed E-state index contributed by atoms with van der Waals surface area (Å²) in [5.41, 5.74) is -1.96. The molecule has 2 aliphatic rings. The Morgan fingerprint density at radius 1 is 1.00 bits per heavy atom. The van der Waals surface area contributed by atoms with Crippen LogP contribution in [0.3, 0.4) is 0 Å². The van der Waals surface area contributed by atoms with Crippen LogP contribution < -0.4 is 14.4 Å². The maximum absolute atomic E-state index is 13.4. The molecule has 9 heteroatoms. The Kier molecular flexibility index (Phi) is 5.09. The van der Waals surface area contributed by atoms with E-state index in [-0.39, 0.29) is 30.0 Å². The van der Waals surface area contributed by atoms with Gasteiger partial charge in [0.1, 0.15) is 0 Å². The van der Waals surface area contributed by atoms with E-state index in [0.29, 0.717) is 17.2 Å². The number of alkyl halides is 3. The number of nitrogens with zero attached hydrogens (tertiary/aromatic N) is 1. The molecule has 174 valence electrons. The zero-order valence-electron chi connectivity index (χ0n) is 17.6. The summed E-state index contributed by atoms with van der Waals surface area (Å²) in [4.78, 5) is 27.6. The first-order chi connectivity index (χ1) is 16.2. The average molecular weight is 469 g/mol. The lowest BCUT2D eigenvalue weighted by Crippen LogP contribution is -2.41. The summed E-state index contributed by atoms with van der Waals surface area (Å²) in [6.07, 6.45) is -5.07. The fourth-order valence-electron chi connectivity index (χ4n) is 4.27. The molecule has 1 atom stereocenters. The van der Waals surface area contributed by atoms with Crippen molar-refractivity contribution in [2.75, 3.05) is 11.7 Å². The number of ketones is 1. The van der Waals surface area contributed by atoms with Crippen molar-refractivity contribution in [2.24, 2.45) is 0 Å². The van der Waals surface area contributed by atoms with Crippen LogP contribution in [0.15, 0.2) is 66.7 Å². The molecule has 1 N–H and O–H groups in total. The molecule has 0 aliphatic carbocycles. The zero-order chi connectivity index (χ0) is 24.1. The van der Waals surface area contributed by atoms with E-state index in [1.165, 1.54) is 35.2 Å². The van der Waals surface area contributed by atoms with E-state index in [1.54, 1.807) is 24.3 Å². The van der Waals surface area contributed by atoms with Gasteiger partial charge in [0.05, 0.1) is 24.2 Å². The molecule has 2 aliphatic heterocycles. The third kappa shape index (κ3) is 3.67. The van der Waals surface area contributed by atoms with Gasteiger partial charge >= 0.3 is 6.18 Å². The summed E-state index contributed by atoms with van der Waals surface area (Å²) < 4.78 is 49.9. The molecule has 0 spiro atoms. The van der Waals surface area contributed by atoms with Gasteiger partial charge in [-0.15, -0.1) is 0 Å². The second-order valence-corrected chi connectivity index (χ2v) is 8.13. The van der Waals surface area contributed by atoms with Crippen LogP contribution in [-0.2, 0) is 23.1 Å². The molecular weight excluding hydrogens is 451 g/mol. The molecule has 0 fully saturated rings.